The molecule has 1 amide bonds. The minimum Gasteiger partial charge on any atom is -0.497 e. The minimum absolute atomic E-state index is 0.0247. The highest BCUT2D eigenvalue weighted by Gasteiger charge is 2.34. The molecule has 1 aliphatic rings. The standard InChI is InChI=1S/C20H31NO3/c1-4-16(17-6-8-18(24-3)9-7-17)14-19(23)21-12-10-20(5-2,15-22)11-13-21/h6-9,16,22H,4-5,10-15H2,1-3H3. The average molecular weight is 333 g/mol. The maximum Gasteiger partial charge on any atom is 0.223 e. The van der Waals surface area contributed by atoms with Gasteiger partial charge in [0.25, 0.3) is 0 Å². The second kappa shape index (κ2) is 8.52. The van der Waals surface area contributed by atoms with Crippen molar-refractivity contribution in [3.8, 4) is 5.75 Å². The van der Waals surface area contributed by atoms with Gasteiger partial charge in [-0.25, -0.2) is 0 Å². The maximum absolute atomic E-state index is 12.7. The van der Waals surface area contributed by atoms with Crippen molar-refractivity contribution >= 4 is 5.91 Å². The Morgan fingerprint density at radius 2 is 1.88 bits per heavy atom. The van der Waals surface area contributed by atoms with Crippen LogP contribution < -0.4 is 4.74 Å². The molecule has 1 aliphatic heterocycles. The van der Waals surface area contributed by atoms with Crippen LogP contribution in [0.4, 0.5) is 0 Å². The number of rotatable bonds is 7. The zero-order chi connectivity index (χ0) is 17.6. The Balaban J connectivity index is 1.95. The maximum atomic E-state index is 12.7. The van der Waals surface area contributed by atoms with Crippen LogP contribution in [0.2, 0.25) is 0 Å². The summed E-state index contributed by atoms with van der Waals surface area (Å²) in [7, 11) is 1.66. The number of carbonyl (C=O) groups excluding carboxylic acids is 1. The van der Waals surface area contributed by atoms with E-state index in [1.54, 1.807) is 7.11 Å². The summed E-state index contributed by atoms with van der Waals surface area (Å²) in [6, 6.07) is 8.04. The predicted octanol–water partition coefficient (Wildman–Crippen LogP) is 3.59. The van der Waals surface area contributed by atoms with E-state index in [9.17, 15) is 9.90 Å². The highest BCUT2D eigenvalue weighted by Crippen LogP contribution is 2.35. The van der Waals surface area contributed by atoms with Gasteiger partial charge in [0.15, 0.2) is 0 Å². The highest BCUT2D eigenvalue weighted by atomic mass is 16.5. The Morgan fingerprint density at radius 1 is 1.25 bits per heavy atom. The molecule has 1 fully saturated rings. The lowest BCUT2D eigenvalue weighted by molar-refractivity contribution is -0.134. The molecule has 2 rings (SSSR count). The van der Waals surface area contributed by atoms with Gasteiger partial charge in [-0.2, -0.15) is 0 Å². The number of likely N-dealkylation sites (tertiary alicyclic amines) is 1. The van der Waals surface area contributed by atoms with Crippen LogP contribution in [0.1, 0.15) is 57.4 Å². The van der Waals surface area contributed by atoms with Crippen molar-refractivity contribution in [3.63, 3.8) is 0 Å². The third kappa shape index (κ3) is 4.29. The molecule has 0 aliphatic carbocycles. The summed E-state index contributed by atoms with van der Waals surface area (Å²) in [4.78, 5) is 14.7. The predicted molar refractivity (Wildman–Crippen MR) is 96.3 cm³/mol. The van der Waals surface area contributed by atoms with Crippen LogP contribution in [0.5, 0.6) is 5.75 Å². The van der Waals surface area contributed by atoms with E-state index in [0.717, 1.165) is 44.5 Å². The van der Waals surface area contributed by atoms with Gasteiger partial charge in [0, 0.05) is 26.1 Å². The first-order valence-electron chi connectivity index (χ1n) is 9.10. The molecule has 1 unspecified atom stereocenters. The van der Waals surface area contributed by atoms with Gasteiger partial charge < -0.3 is 14.7 Å². The fourth-order valence-electron chi connectivity index (χ4n) is 3.57. The number of ether oxygens (including phenoxy) is 1. The summed E-state index contributed by atoms with van der Waals surface area (Å²) in [6.45, 7) is 6.03. The Labute approximate surface area is 145 Å². The second-order valence-electron chi connectivity index (χ2n) is 6.97. The van der Waals surface area contributed by atoms with Gasteiger partial charge in [-0.15, -0.1) is 0 Å². The number of nitrogens with zero attached hydrogens (tertiary/aromatic N) is 1. The highest BCUT2D eigenvalue weighted by molar-refractivity contribution is 5.77. The van der Waals surface area contributed by atoms with Crippen molar-refractivity contribution in [2.75, 3.05) is 26.8 Å². The Bertz CT molecular complexity index is 512. The monoisotopic (exact) mass is 333 g/mol. The Morgan fingerprint density at radius 3 is 2.33 bits per heavy atom. The van der Waals surface area contributed by atoms with Crippen LogP contribution in [-0.4, -0.2) is 42.7 Å². The fraction of sp³-hybridized carbons (Fsp3) is 0.650. The molecule has 4 heteroatoms. The molecular formula is C20H31NO3. The van der Waals surface area contributed by atoms with Crippen molar-refractivity contribution in [1.82, 2.24) is 4.90 Å². The van der Waals surface area contributed by atoms with E-state index in [2.05, 4.69) is 26.0 Å². The number of aliphatic hydroxyl groups excluding tert-OH is 1. The molecule has 1 N–H and O–H groups in total. The molecule has 1 aromatic carbocycles. The van der Waals surface area contributed by atoms with E-state index in [1.807, 2.05) is 17.0 Å². The molecule has 1 atom stereocenters. The second-order valence-corrected chi connectivity index (χ2v) is 6.97. The summed E-state index contributed by atoms with van der Waals surface area (Å²) < 4.78 is 5.20. The van der Waals surface area contributed by atoms with Crippen molar-refractivity contribution < 1.29 is 14.6 Å². The first-order chi connectivity index (χ1) is 11.6. The fourth-order valence-corrected chi connectivity index (χ4v) is 3.57. The Kier molecular flexibility index (Phi) is 6.67. The number of piperidine rings is 1. The summed E-state index contributed by atoms with van der Waals surface area (Å²) >= 11 is 0. The lowest BCUT2D eigenvalue weighted by Gasteiger charge is -2.40. The molecule has 1 aromatic rings. The number of benzene rings is 1. The quantitative estimate of drug-likeness (QED) is 0.829. The summed E-state index contributed by atoms with van der Waals surface area (Å²) in [6.07, 6.45) is 4.30. The van der Waals surface area contributed by atoms with E-state index in [0.29, 0.717) is 6.42 Å². The topological polar surface area (TPSA) is 49.8 Å². The first kappa shape index (κ1) is 18.8. The third-order valence-corrected chi connectivity index (χ3v) is 5.76. The van der Waals surface area contributed by atoms with Gasteiger partial charge in [-0.1, -0.05) is 26.0 Å². The molecule has 1 heterocycles. The summed E-state index contributed by atoms with van der Waals surface area (Å²) in [5.74, 6) is 1.33. The van der Waals surface area contributed by atoms with E-state index in [1.165, 1.54) is 5.56 Å². The number of hydrogen-bond acceptors (Lipinski definition) is 3. The van der Waals surface area contributed by atoms with Gasteiger partial charge in [0.05, 0.1) is 7.11 Å². The number of hydrogen-bond donors (Lipinski definition) is 1. The smallest absolute Gasteiger partial charge is 0.223 e. The normalized spacial score (nSPS) is 18.2. The van der Waals surface area contributed by atoms with Crippen LogP contribution in [-0.2, 0) is 4.79 Å². The van der Waals surface area contributed by atoms with Gasteiger partial charge in [0.1, 0.15) is 5.75 Å². The lowest BCUT2D eigenvalue weighted by Crippen LogP contribution is -2.44. The van der Waals surface area contributed by atoms with E-state index < -0.39 is 0 Å². The number of aliphatic hydroxyl groups is 1. The van der Waals surface area contributed by atoms with Crippen molar-refractivity contribution in [2.45, 2.75) is 51.9 Å². The molecule has 0 aromatic heterocycles. The molecular weight excluding hydrogens is 302 g/mol. The van der Waals surface area contributed by atoms with Crippen LogP contribution in [0.3, 0.4) is 0 Å². The Hall–Kier alpha value is -1.55. The van der Waals surface area contributed by atoms with Crippen LogP contribution in [0.25, 0.3) is 0 Å². The molecule has 0 bridgehead atoms. The number of carbonyl (C=O) groups is 1. The molecule has 24 heavy (non-hydrogen) atoms. The molecule has 0 saturated carbocycles. The average Bonchev–Trinajstić information content (AvgIpc) is 2.66. The van der Waals surface area contributed by atoms with Gasteiger partial charge in [0.2, 0.25) is 5.91 Å². The summed E-state index contributed by atoms with van der Waals surface area (Å²) in [5.41, 5.74) is 1.22. The third-order valence-electron chi connectivity index (χ3n) is 5.76. The minimum atomic E-state index is 0.0247. The van der Waals surface area contributed by atoms with Crippen molar-refractivity contribution in [1.29, 1.82) is 0 Å². The zero-order valence-corrected chi connectivity index (χ0v) is 15.3. The first-order valence-corrected chi connectivity index (χ1v) is 9.10. The van der Waals surface area contributed by atoms with Crippen LogP contribution in [0, 0.1) is 5.41 Å². The molecule has 0 radical (unpaired) electrons. The number of methoxy groups -OCH3 is 1. The van der Waals surface area contributed by atoms with Crippen LogP contribution >= 0.6 is 0 Å². The number of amides is 1. The van der Waals surface area contributed by atoms with E-state index >= 15 is 0 Å². The summed E-state index contributed by atoms with van der Waals surface area (Å²) in [5, 5.41) is 9.63. The zero-order valence-electron chi connectivity index (χ0n) is 15.3. The van der Waals surface area contributed by atoms with Gasteiger partial charge in [-0.3, -0.25) is 4.79 Å². The molecule has 1 saturated heterocycles. The largest absolute Gasteiger partial charge is 0.497 e. The van der Waals surface area contributed by atoms with Gasteiger partial charge >= 0.3 is 0 Å². The van der Waals surface area contributed by atoms with Gasteiger partial charge in [-0.05, 0) is 54.7 Å². The SMILES string of the molecule is CCC(CC(=O)N1CCC(CC)(CO)CC1)c1ccc(OC)cc1. The molecule has 134 valence electrons. The van der Waals surface area contributed by atoms with E-state index in [-0.39, 0.29) is 23.8 Å². The van der Waals surface area contributed by atoms with Crippen LogP contribution in [0.15, 0.2) is 24.3 Å². The van der Waals surface area contributed by atoms with Crippen molar-refractivity contribution in [3.05, 3.63) is 29.8 Å². The lowest BCUT2D eigenvalue weighted by atomic mass is 9.77. The molecule has 4 nitrogen and oxygen atoms in total. The van der Waals surface area contributed by atoms with E-state index in [4.69, 9.17) is 4.74 Å². The molecule has 0 spiro atoms. The van der Waals surface area contributed by atoms with Crippen molar-refractivity contribution in [2.24, 2.45) is 5.41 Å².